The van der Waals surface area contributed by atoms with E-state index in [1.807, 2.05) is 23.1 Å². The van der Waals surface area contributed by atoms with Gasteiger partial charge in [0, 0.05) is 38.8 Å². The lowest BCUT2D eigenvalue weighted by Gasteiger charge is -2.37. The fraction of sp³-hybridized carbons (Fsp3) is 0.900. The van der Waals surface area contributed by atoms with Gasteiger partial charge in [-0.2, -0.15) is 0 Å². The first kappa shape index (κ1) is 13.6. The largest absolute Gasteiger partial charge is 0.395 e. The number of rotatable bonds is 3. The van der Waals surface area contributed by atoms with Crippen LogP contribution in [0, 0.1) is 0 Å². The van der Waals surface area contributed by atoms with E-state index >= 15 is 0 Å². The molecule has 16 heavy (non-hydrogen) atoms. The summed E-state index contributed by atoms with van der Waals surface area (Å²) in [5.41, 5.74) is 0. The standard InChI is InChI=1S/C10H21N3O2S/c1-9(2)13(7-8-14)10(15)11-3-5-12(16)6-4-11/h9,14,16H,3-8H2,1-2H3. The monoisotopic (exact) mass is 247 g/mol. The summed E-state index contributed by atoms with van der Waals surface area (Å²) in [7, 11) is 0. The minimum absolute atomic E-state index is 0.0104. The van der Waals surface area contributed by atoms with Crippen molar-refractivity contribution < 1.29 is 9.90 Å². The van der Waals surface area contributed by atoms with Crippen LogP contribution >= 0.6 is 12.8 Å². The highest BCUT2D eigenvalue weighted by molar-refractivity contribution is 7.77. The maximum Gasteiger partial charge on any atom is 0.320 e. The predicted octanol–water partition coefficient (Wildman–Crippen LogP) is 0.271. The number of hydrogen-bond donors (Lipinski definition) is 2. The summed E-state index contributed by atoms with van der Waals surface area (Å²) in [4.78, 5) is 15.7. The van der Waals surface area contributed by atoms with Gasteiger partial charge < -0.3 is 14.9 Å². The van der Waals surface area contributed by atoms with Crippen LogP contribution in [0.1, 0.15) is 13.8 Å². The lowest BCUT2D eigenvalue weighted by Crippen LogP contribution is -2.53. The molecule has 0 aromatic rings. The third-order valence-electron chi connectivity index (χ3n) is 2.74. The fourth-order valence-corrected chi connectivity index (χ4v) is 1.93. The molecule has 6 heteroatoms. The highest BCUT2D eigenvalue weighted by atomic mass is 32.1. The van der Waals surface area contributed by atoms with Crippen LogP contribution in [0.15, 0.2) is 0 Å². The first-order chi connectivity index (χ1) is 7.56. The number of carbonyl (C=O) groups is 1. The fourth-order valence-electron chi connectivity index (χ4n) is 1.75. The van der Waals surface area contributed by atoms with Gasteiger partial charge in [-0.1, -0.05) is 12.8 Å². The molecule has 2 amide bonds. The minimum atomic E-state index is 0.0104. The average Bonchev–Trinajstić information content (AvgIpc) is 2.25. The van der Waals surface area contributed by atoms with Crippen LogP contribution in [-0.4, -0.2) is 70.6 Å². The third kappa shape index (κ3) is 3.54. The van der Waals surface area contributed by atoms with Gasteiger partial charge in [0.1, 0.15) is 0 Å². The summed E-state index contributed by atoms with van der Waals surface area (Å²) >= 11 is 4.25. The molecule has 1 rings (SSSR count). The maximum absolute atomic E-state index is 12.1. The number of amides is 2. The van der Waals surface area contributed by atoms with Gasteiger partial charge in [0.05, 0.1) is 6.61 Å². The van der Waals surface area contributed by atoms with E-state index < -0.39 is 0 Å². The molecule has 1 aliphatic rings. The Balaban J connectivity index is 2.53. The summed E-state index contributed by atoms with van der Waals surface area (Å²) in [5.74, 6) is 0. The zero-order chi connectivity index (χ0) is 12.1. The van der Waals surface area contributed by atoms with Gasteiger partial charge in [0.25, 0.3) is 0 Å². The van der Waals surface area contributed by atoms with E-state index in [4.69, 9.17) is 5.11 Å². The second kappa shape index (κ2) is 6.32. The van der Waals surface area contributed by atoms with Crippen molar-refractivity contribution in [1.29, 1.82) is 0 Å². The van der Waals surface area contributed by atoms with Crippen molar-refractivity contribution in [3.05, 3.63) is 0 Å². The number of aliphatic hydroxyl groups is 1. The molecule has 1 fully saturated rings. The second-order valence-electron chi connectivity index (χ2n) is 4.23. The Bertz CT molecular complexity index is 230. The van der Waals surface area contributed by atoms with E-state index in [1.54, 1.807) is 4.90 Å². The minimum Gasteiger partial charge on any atom is -0.395 e. The molecule has 0 unspecified atom stereocenters. The van der Waals surface area contributed by atoms with Crippen LogP contribution in [0.25, 0.3) is 0 Å². The molecule has 0 bridgehead atoms. The molecule has 0 aromatic heterocycles. The number of nitrogens with zero attached hydrogens (tertiary/aromatic N) is 3. The van der Waals surface area contributed by atoms with Gasteiger partial charge in [-0.15, -0.1) is 0 Å². The van der Waals surface area contributed by atoms with Crippen molar-refractivity contribution in [2.24, 2.45) is 0 Å². The molecule has 0 aliphatic carbocycles. The molecule has 1 aliphatic heterocycles. The molecular formula is C10H21N3O2S. The Kier molecular flexibility index (Phi) is 5.37. The van der Waals surface area contributed by atoms with Crippen LogP contribution in [0.4, 0.5) is 4.79 Å². The highest BCUT2D eigenvalue weighted by Crippen LogP contribution is 2.09. The second-order valence-corrected chi connectivity index (χ2v) is 4.80. The van der Waals surface area contributed by atoms with Crippen molar-refractivity contribution in [2.45, 2.75) is 19.9 Å². The summed E-state index contributed by atoms with van der Waals surface area (Å²) < 4.78 is 1.91. The maximum atomic E-state index is 12.1. The van der Waals surface area contributed by atoms with Crippen LogP contribution in [0.2, 0.25) is 0 Å². The Morgan fingerprint density at radius 1 is 1.38 bits per heavy atom. The average molecular weight is 247 g/mol. The van der Waals surface area contributed by atoms with Crippen LogP contribution in [0.3, 0.4) is 0 Å². The van der Waals surface area contributed by atoms with Crippen LogP contribution < -0.4 is 0 Å². The van der Waals surface area contributed by atoms with Gasteiger partial charge in [0.15, 0.2) is 0 Å². The van der Waals surface area contributed by atoms with E-state index in [2.05, 4.69) is 12.8 Å². The van der Waals surface area contributed by atoms with E-state index in [0.29, 0.717) is 19.6 Å². The number of piperazine rings is 1. The number of thiol groups is 1. The predicted molar refractivity (Wildman–Crippen MR) is 66.5 cm³/mol. The van der Waals surface area contributed by atoms with E-state index in [9.17, 15) is 4.79 Å². The zero-order valence-electron chi connectivity index (χ0n) is 9.96. The van der Waals surface area contributed by atoms with Crippen molar-refractivity contribution in [3.63, 3.8) is 0 Å². The quantitative estimate of drug-likeness (QED) is 0.704. The Labute approximate surface area is 103 Å². The molecule has 1 saturated heterocycles. The SMILES string of the molecule is CC(C)N(CCO)C(=O)N1CCN(S)CC1. The molecule has 0 aromatic carbocycles. The molecule has 94 valence electrons. The first-order valence-electron chi connectivity index (χ1n) is 5.66. The van der Waals surface area contributed by atoms with Crippen molar-refractivity contribution >= 4 is 18.8 Å². The summed E-state index contributed by atoms with van der Waals surface area (Å²) in [6.07, 6.45) is 0. The number of carbonyl (C=O) groups excluding carboxylic acids is 1. The van der Waals surface area contributed by atoms with Crippen molar-refractivity contribution in [2.75, 3.05) is 39.3 Å². The van der Waals surface area contributed by atoms with Gasteiger partial charge in [-0.3, -0.25) is 0 Å². The van der Waals surface area contributed by atoms with Crippen molar-refractivity contribution in [3.8, 4) is 0 Å². The van der Waals surface area contributed by atoms with E-state index in [1.165, 1.54) is 0 Å². The molecule has 0 atom stereocenters. The van der Waals surface area contributed by atoms with Crippen molar-refractivity contribution in [1.82, 2.24) is 14.1 Å². The molecule has 0 saturated carbocycles. The third-order valence-corrected chi connectivity index (χ3v) is 3.14. The van der Waals surface area contributed by atoms with Crippen LogP contribution in [0.5, 0.6) is 0 Å². The zero-order valence-corrected chi connectivity index (χ0v) is 10.9. The Morgan fingerprint density at radius 2 is 1.94 bits per heavy atom. The van der Waals surface area contributed by atoms with E-state index in [-0.39, 0.29) is 18.7 Å². The normalized spacial score (nSPS) is 17.9. The molecule has 5 nitrogen and oxygen atoms in total. The summed E-state index contributed by atoms with van der Waals surface area (Å²) in [5, 5.41) is 8.94. The van der Waals surface area contributed by atoms with Gasteiger partial charge in [0.2, 0.25) is 0 Å². The molecule has 0 radical (unpaired) electrons. The summed E-state index contributed by atoms with van der Waals surface area (Å²) in [6.45, 7) is 7.33. The molecular weight excluding hydrogens is 226 g/mol. The molecule has 1 heterocycles. The topological polar surface area (TPSA) is 47.0 Å². The lowest BCUT2D eigenvalue weighted by molar-refractivity contribution is 0.114. The Morgan fingerprint density at radius 3 is 2.38 bits per heavy atom. The first-order valence-corrected chi connectivity index (χ1v) is 6.06. The van der Waals surface area contributed by atoms with Gasteiger partial charge in [-0.05, 0) is 13.8 Å². The molecule has 1 N–H and O–H groups in total. The van der Waals surface area contributed by atoms with Crippen LogP contribution in [-0.2, 0) is 0 Å². The number of urea groups is 1. The van der Waals surface area contributed by atoms with Gasteiger partial charge in [-0.25, -0.2) is 9.10 Å². The van der Waals surface area contributed by atoms with E-state index in [0.717, 1.165) is 13.1 Å². The highest BCUT2D eigenvalue weighted by Gasteiger charge is 2.25. The number of hydrogen-bond acceptors (Lipinski definition) is 4. The smallest absolute Gasteiger partial charge is 0.320 e. The number of aliphatic hydroxyl groups excluding tert-OH is 1. The summed E-state index contributed by atoms with van der Waals surface area (Å²) in [6, 6.07) is 0.138. The molecule has 0 spiro atoms. The Hall–Kier alpha value is -0.460. The van der Waals surface area contributed by atoms with Gasteiger partial charge >= 0.3 is 6.03 Å². The lowest BCUT2D eigenvalue weighted by atomic mass is 10.3.